The van der Waals surface area contributed by atoms with E-state index in [9.17, 15) is 14.0 Å². The van der Waals surface area contributed by atoms with Crippen LogP contribution >= 0.6 is 0 Å². The van der Waals surface area contributed by atoms with E-state index in [4.69, 9.17) is 4.84 Å². The lowest BCUT2D eigenvalue weighted by Crippen LogP contribution is -2.30. The second kappa shape index (κ2) is 6.66. The van der Waals surface area contributed by atoms with E-state index in [-0.39, 0.29) is 12.0 Å². The van der Waals surface area contributed by atoms with Crippen molar-refractivity contribution >= 4 is 17.9 Å². The summed E-state index contributed by atoms with van der Waals surface area (Å²) in [6.45, 7) is 1.79. The van der Waals surface area contributed by atoms with Gasteiger partial charge in [-0.25, -0.2) is 4.39 Å². The molecule has 0 unspecified atom stereocenters. The molecule has 124 valence electrons. The minimum atomic E-state index is -0.423. The van der Waals surface area contributed by atoms with Gasteiger partial charge in [-0.2, -0.15) is 0 Å². The number of carbonyl (C=O) groups is 2. The average Bonchev–Trinajstić information content (AvgIpc) is 3.22. The summed E-state index contributed by atoms with van der Waals surface area (Å²) < 4.78 is 15.9. The second-order valence-electron chi connectivity index (χ2n) is 5.54. The summed E-state index contributed by atoms with van der Waals surface area (Å²) >= 11 is 0. The van der Waals surface area contributed by atoms with E-state index in [1.807, 2.05) is 0 Å². The van der Waals surface area contributed by atoms with Gasteiger partial charge in [-0.05, 0) is 18.2 Å². The molecular formula is C17H16FN3O3. The number of amides is 1. The van der Waals surface area contributed by atoms with Crippen LogP contribution in [0.25, 0.3) is 5.69 Å². The predicted molar refractivity (Wildman–Crippen MR) is 85.8 cm³/mol. The minimum absolute atomic E-state index is 0.135. The van der Waals surface area contributed by atoms with Crippen LogP contribution in [0.3, 0.4) is 0 Å². The Kier molecular flexibility index (Phi) is 4.41. The van der Waals surface area contributed by atoms with Gasteiger partial charge in [0.05, 0.1) is 17.9 Å². The quantitative estimate of drug-likeness (QED) is 0.854. The summed E-state index contributed by atoms with van der Waals surface area (Å²) in [6, 6.07) is 6.38. The van der Waals surface area contributed by atoms with Crippen LogP contribution in [0.4, 0.5) is 4.39 Å². The van der Waals surface area contributed by atoms with E-state index < -0.39 is 5.82 Å². The smallest absolute Gasteiger partial charge is 0.217 e. The standard InChI is InChI=1S/C17H16FN3O3/c1-11(23)19-8-14-7-16(20-24-14)13-2-3-17(15(18)6-13)21-5-4-12(9-21)10-22/h2-6,9-10,14H,7-8H2,1H3,(H,19,23)/t14-/m1/s1. The number of oxime groups is 1. The molecule has 0 radical (unpaired) electrons. The lowest BCUT2D eigenvalue weighted by molar-refractivity contribution is -0.119. The van der Waals surface area contributed by atoms with Crippen molar-refractivity contribution in [3.63, 3.8) is 0 Å². The van der Waals surface area contributed by atoms with Crippen molar-refractivity contribution in [3.8, 4) is 5.69 Å². The Balaban J connectivity index is 1.73. The number of nitrogens with one attached hydrogen (secondary N) is 1. The predicted octanol–water partition coefficient (Wildman–Crippen LogP) is 2.06. The summed E-state index contributed by atoms with van der Waals surface area (Å²) in [5.41, 5.74) is 2.09. The highest BCUT2D eigenvalue weighted by Gasteiger charge is 2.23. The maximum atomic E-state index is 14.4. The Bertz CT molecular complexity index is 813. The molecule has 0 bridgehead atoms. The maximum absolute atomic E-state index is 14.4. The average molecular weight is 329 g/mol. The molecule has 1 aromatic carbocycles. The molecule has 24 heavy (non-hydrogen) atoms. The molecule has 6 nitrogen and oxygen atoms in total. The van der Waals surface area contributed by atoms with Crippen molar-refractivity contribution in [3.05, 3.63) is 53.6 Å². The molecule has 0 saturated heterocycles. The molecule has 1 aliphatic heterocycles. The lowest BCUT2D eigenvalue weighted by Gasteiger charge is -2.08. The van der Waals surface area contributed by atoms with Gasteiger partial charge in [-0.15, -0.1) is 0 Å². The van der Waals surface area contributed by atoms with Crippen molar-refractivity contribution < 1.29 is 18.8 Å². The molecule has 0 aliphatic carbocycles. The Morgan fingerprint density at radius 1 is 1.50 bits per heavy atom. The molecule has 1 aromatic heterocycles. The summed E-state index contributed by atoms with van der Waals surface area (Å²) in [5.74, 6) is -0.558. The number of benzene rings is 1. The van der Waals surface area contributed by atoms with Crippen LogP contribution < -0.4 is 5.32 Å². The first-order chi connectivity index (χ1) is 11.6. The molecule has 1 amide bonds. The fourth-order valence-corrected chi connectivity index (χ4v) is 2.49. The molecule has 1 atom stereocenters. The van der Waals surface area contributed by atoms with Crippen molar-refractivity contribution in [1.29, 1.82) is 0 Å². The van der Waals surface area contributed by atoms with Crippen molar-refractivity contribution in [1.82, 2.24) is 9.88 Å². The van der Waals surface area contributed by atoms with Crippen molar-refractivity contribution in [2.75, 3.05) is 6.54 Å². The Hall–Kier alpha value is -2.96. The number of carbonyl (C=O) groups excluding carboxylic acids is 2. The number of hydrogen-bond donors (Lipinski definition) is 1. The fourth-order valence-electron chi connectivity index (χ4n) is 2.49. The van der Waals surface area contributed by atoms with Crippen molar-refractivity contribution in [2.24, 2.45) is 5.16 Å². The number of nitrogens with zero attached hydrogens (tertiary/aromatic N) is 2. The highest BCUT2D eigenvalue weighted by atomic mass is 19.1. The molecule has 0 fully saturated rings. The summed E-state index contributed by atoms with van der Waals surface area (Å²) in [5, 5.41) is 6.64. The lowest BCUT2D eigenvalue weighted by atomic mass is 10.0. The van der Waals surface area contributed by atoms with Gasteiger partial charge in [-0.1, -0.05) is 11.2 Å². The first kappa shape index (κ1) is 15.9. The molecule has 0 saturated carbocycles. The molecule has 1 aliphatic rings. The number of rotatable bonds is 5. The van der Waals surface area contributed by atoms with Gasteiger partial charge >= 0.3 is 0 Å². The van der Waals surface area contributed by atoms with Crippen LogP contribution in [0.5, 0.6) is 0 Å². The summed E-state index contributed by atoms with van der Waals surface area (Å²) in [6.07, 6.45) is 4.15. The molecule has 0 spiro atoms. The first-order valence-electron chi connectivity index (χ1n) is 7.47. The van der Waals surface area contributed by atoms with Gasteiger partial charge in [0.15, 0.2) is 6.29 Å². The third-order valence-corrected chi connectivity index (χ3v) is 3.72. The highest BCUT2D eigenvalue weighted by Crippen LogP contribution is 2.21. The number of halogens is 1. The fraction of sp³-hybridized carbons (Fsp3) is 0.235. The SMILES string of the molecule is CC(=O)NC[C@H]1CC(c2ccc(-n3ccc(C=O)c3)c(F)c2)=NO1. The van der Waals surface area contributed by atoms with Gasteiger partial charge < -0.3 is 14.7 Å². The summed E-state index contributed by atoms with van der Waals surface area (Å²) in [4.78, 5) is 26.9. The third-order valence-electron chi connectivity index (χ3n) is 3.72. The van der Waals surface area contributed by atoms with E-state index in [2.05, 4.69) is 10.5 Å². The van der Waals surface area contributed by atoms with E-state index in [0.29, 0.717) is 41.8 Å². The van der Waals surface area contributed by atoms with Crippen LogP contribution in [-0.4, -0.2) is 35.1 Å². The zero-order valence-electron chi connectivity index (χ0n) is 13.0. The highest BCUT2D eigenvalue weighted by molar-refractivity contribution is 6.01. The van der Waals surface area contributed by atoms with Crippen LogP contribution in [-0.2, 0) is 9.63 Å². The second-order valence-corrected chi connectivity index (χ2v) is 5.54. The van der Waals surface area contributed by atoms with E-state index >= 15 is 0 Å². The monoisotopic (exact) mass is 329 g/mol. The van der Waals surface area contributed by atoms with Crippen LogP contribution in [0.2, 0.25) is 0 Å². The topological polar surface area (TPSA) is 72.7 Å². The first-order valence-corrected chi connectivity index (χ1v) is 7.47. The zero-order chi connectivity index (χ0) is 17.1. The Morgan fingerprint density at radius 2 is 2.33 bits per heavy atom. The van der Waals surface area contributed by atoms with E-state index in [1.165, 1.54) is 13.0 Å². The van der Waals surface area contributed by atoms with Crippen LogP contribution in [0.1, 0.15) is 29.3 Å². The van der Waals surface area contributed by atoms with Crippen LogP contribution in [0.15, 0.2) is 41.8 Å². The molecule has 1 N–H and O–H groups in total. The van der Waals surface area contributed by atoms with Gasteiger partial charge in [0, 0.05) is 36.9 Å². The Morgan fingerprint density at radius 3 is 3.00 bits per heavy atom. The number of aromatic nitrogens is 1. The molecule has 2 heterocycles. The van der Waals surface area contributed by atoms with Gasteiger partial charge in [-0.3, -0.25) is 9.59 Å². The maximum Gasteiger partial charge on any atom is 0.217 e. The minimum Gasteiger partial charge on any atom is -0.390 e. The molecule has 7 heteroatoms. The number of aldehydes is 1. The molecule has 3 rings (SSSR count). The summed E-state index contributed by atoms with van der Waals surface area (Å²) in [7, 11) is 0. The van der Waals surface area contributed by atoms with Crippen molar-refractivity contribution in [2.45, 2.75) is 19.4 Å². The third kappa shape index (κ3) is 3.34. The van der Waals surface area contributed by atoms with Gasteiger partial charge in [0.25, 0.3) is 0 Å². The van der Waals surface area contributed by atoms with E-state index in [1.54, 1.807) is 35.2 Å². The molecular weight excluding hydrogens is 313 g/mol. The molecule has 2 aromatic rings. The van der Waals surface area contributed by atoms with Gasteiger partial charge in [0.2, 0.25) is 5.91 Å². The van der Waals surface area contributed by atoms with E-state index in [0.717, 1.165) is 0 Å². The van der Waals surface area contributed by atoms with Gasteiger partial charge in [0.1, 0.15) is 11.9 Å². The Labute approximate surface area is 137 Å². The normalized spacial score (nSPS) is 16.4. The van der Waals surface area contributed by atoms with Crippen LogP contribution in [0, 0.1) is 5.82 Å². The zero-order valence-corrected chi connectivity index (χ0v) is 13.0. The number of hydrogen-bond acceptors (Lipinski definition) is 4. The largest absolute Gasteiger partial charge is 0.390 e.